The first-order valence-corrected chi connectivity index (χ1v) is 7.56. The topological polar surface area (TPSA) is 74.8 Å². The summed E-state index contributed by atoms with van der Waals surface area (Å²) >= 11 is 6.16. The first kappa shape index (κ1) is 14.5. The number of nitrogens with one attached hydrogen (secondary N) is 2. The molecule has 98 valence electrons. The van der Waals surface area contributed by atoms with Crippen LogP contribution in [0.25, 0.3) is 0 Å². The third-order valence-corrected chi connectivity index (χ3v) is 4.66. The minimum Gasteiger partial charge on any atom is -0.266 e. The van der Waals surface area contributed by atoms with Crippen molar-refractivity contribution < 1.29 is 8.42 Å². The molecule has 17 heavy (non-hydrogen) atoms. The maximum atomic E-state index is 11.8. The number of halogens is 1. The number of alkyl halides is 1. The largest absolute Gasteiger partial charge is 0.266 e. The molecule has 5 nitrogen and oxygen atoms in total. The molecule has 0 aliphatic rings. The third-order valence-electron chi connectivity index (χ3n) is 2.79. The molecule has 1 unspecified atom stereocenters. The van der Waals surface area contributed by atoms with Crippen LogP contribution in [0, 0.1) is 5.92 Å². The molecular formula is C10H18ClN3O2S. The van der Waals surface area contributed by atoms with E-state index in [0.29, 0.717) is 5.92 Å². The molecule has 2 N–H and O–H groups in total. The number of hydrogen-bond donors (Lipinski definition) is 2. The van der Waals surface area contributed by atoms with Crippen LogP contribution in [-0.4, -0.2) is 30.5 Å². The summed E-state index contributed by atoms with van der Waals surface area (Å²) in [6, 6.07) is 1.41. The van der Waals surface area contributed by atoms with Gasteiger partial charge in [0.2, 0.25) is 0 Å². The first-order valence-electron chi connectivity index (χ1n) is 5.64. The van der Waals surface area contributed by atoms with Crippen molar-refractivity contribution in [3.63, 3.8) is 0 Å². The van der Waals surface area contributed by atoms with E-state index in [4.69, 9.17) is 11.6 Å². The van der Waals surface area contributed by atoms with Crippen molar-refractivity contribution in [1.82, 2.24) is 14.9 Å². The zero-order valence-corrected chi connectivity index (χ0v) is 11.6. The predicted octanol–water partition coefficient (Wildman–Crippen LogP) is 1.73. The van der Waals surface area contributed by atoms with Crippen LogP contribution in [0.3, 0.4) is 0 Å². The van der Waals surface area contributed by atoms with Crippen LogP contribution in [0.15, 0.2) is 17.3 Å². The number of rotatable bonds is 7. The molecule has 1 heterocycles. The Hall–Kier alpha value is -0.590. The van der Waals surface area contributed by atoms with E-state index in [9.17, 15) is 8.42 Å². The number of H-pyrrole nitrogens is 1. The normalized spacial score (nSPS) is 14.1. The Morgan fingerprint density at radius 2 is 2.12 bits per heavy atom. The molecule has 0 spiro atoms. The van der Waals surface area contributed by atoms with Crippen molar-refractivity contribution in [1.29, 1.82) is 0 Å². The molecule has 0 saturated heterocycles. The molecule has 0 aromatic carbocycles. The molecule has 0 radical (unpaired) electrons. The molecule has 1 atom stereocenters. The van der Waals surface area contributed by atoms with E-state index in [-0.39, 0.29) is 16.9 Å². The second-order valence-electron chi connectivity index (χ2n) is 3.87. The van der Waals surface area contributed by atoms with Gasteiger partial charge in [-0.2, -0.15) is 5.10 Å². The number of aromatic nitrogens is 2. The Morgan fingerprint density at radius 3 is 2.59 bits per heavy atom. The summed E-state index contributed by atoms with van der Waals surface area (Å²) in [5.41, 5.74) is 0. The maximum Gasteiger partial charge on any atom is 0.257 e. The number of sulfonamides is 1. The Labute approximate surface area is 107 Å². The molecule has 1 rings (SSSR count). The smallest absolute Gasteiger partial charge is 0.257 e. The Balaban J connectivity index is 2.56. The Morgan fingerprint density at radius 1 is 1.47 bits per heavy atom. The van der Waals surface area contributed by atoms with Gasteiger partial charge >= 0.3 is 0 Å². The summed E-state index contributed by atoms with van der Waals surface area (Å²) in [7, 11) is -3.51. The number of nitrogens with zero attached hydrogens (tertiary/aromatic N) is 1. The minimum atomic E-state index is -3.51. The quantitative estimate of drug-likeness (QED) is 0.747. The van der Waals surface area contributed by atoms with Crippen LogP contribution in [0.5, 0.6) is 0 Å². The van der Waals surface area contributed by atoms with Crippen molar-refractivity contribution in [2.45, 2.75) is 37.1 Å². The van der Waals surface area contributed by atoms with Gasteiger partial charge in [-0.25, -0.2) is 13.1 Å². The average molecular weight is 280 g/mol. The van der Waals surface area contributed by atoms with E-state index in [1.165, 1.54) is 12.3 Å². The molecule has 0 bridgehead atoms. The summed E-state index contributed by atoms with van der Waals surface area (Å²) in [5, 5.41) is 5.89. The van der Waals surface area contributed by atoms with Gasteiger partial charge in [0.15, 0.2) is 5.03 Å². The number of hydrogen-bond acceptors (Lipinski definition) is 3. The molecule has 1 aromatic rings. The van der Waals surface area contributed by atoms with Gasteiger partial charge in [-0.3, -0.25) is 5.10 Å². The highest BCUT2D eigenvalue weighted by atomic mass is 35.5. The molecule has 0 fully saturated rings. The van der Waals surface area contributed by atoms with Crippen molar-refractivity contribution in [2.75, 3.05) is 6.54 Å². The zero-order valence-electron chi connectivity index (χ0n) is 9.98. The second kappa shape index (κ2) is 6.37. The van der Waals surface area contributed by atoms with Gasteiger partial charge in [0.1, 0.15) is 0 Å². The Kier molecular flexibility index (Phi) is 5.42. The molecule has 1 aromatic heterocycles. The van der Waals surface area contributed by atoms with E-state index in [1.807, 2.05) is 13.8 Å². The van der Waals surface area contributed by atoms with E-state index in [1.54, 1.807) is 0 Å². The molecule has 0 amide bonds. The molecular weight excluding hydrogens is 262 g/mol. The highest BCUT2D eigenvalue weighted by Gasteiger charge is 2.20. The predicted molar refractivity (Wildman–Crippen MR) is 67.5 cm³/mol. The lowest BCUT2D eigenvalue weighted by atomic mass is 9.99. The van der Waals surface area contributed by atoms with E-state index >= 15 is 0 Å². The van der Waals surface area contributed by atoms with Gasteiger partial charge in [0, 0.05) is 11.9 Å². The summed E-state index contributed by atoms with van der Waals surface area (Å²) in [4.78, 5) is 0. The molecule has 7 heteroatoms. The Bertz CT molecular complexity index is 415. The van der Waals surface area contributed by atoms with Gasteiger partial charge in [-0.1, -0.05) is 26.7 Å². The monoisotopic (exact) mass is 279 g/mol. The molecule has 0 aliphatic carbocycles. The van der Waals surface area contributed by atoms with Crippen molar-refractivity contribution in [2.24, 2.45) is 5.92 Å². The lowest BCUT2D eigenvalue weighted by molar-refractivity contribution is 0.460. The molecule has 0 saturated carbocycles. The second-order valence-corrected chi connectivity index (χ2v) is 6.16. The molecule has 0 aliphatic heterocycles. The highest BCUT2D eigenvalue weighted by molar-refractivity contribution is 7.89. The van der Waals surface area contributed by atoms with Gasteiger partial charge < -0.3 is 0 Å². The highest BCUT2D eigenvalue weighted by Crippen LogP contribution is 2.18. The summed E-state index contributed by atoms with van der Waals surface area (Å²) in [5.74, 6) is 0.320. The van der Waals surface area contributed by atoms with Crippen LogP contribution < -0.4 is 4.72 Å². The fraction of sp³-hybridized carbons (Fsp3) is 0.700. The van der Waals surface area contributed by atoms with Crippen molar-refractivity contribution in [3.8, 4) is 0 Å². The van der Waals surface area contributed by atoms with Crippen LogP contribution in [0.2, 0.25) is 0 Å². The van der Waals surface area contributed by atoms with Gasteiger partial charge in [-0.15, -0.1) is 11.6 Å². The van der Waals surface area contributed by atoms with E-state index < -0.39 is 10.0 Å². The van der Waals surface area contributed by atoms with Gasteiger partial charge in [-0.05, 0) is 12.0 Å². The summed E-state index contributed by atoms with van der Waals surface area (Å²) in [6.07, 6.45) is 3.28. The fourth-order valence-corrected chi connectivity index (χ4v) is 3.12. The zero-order chi connectivity index (χ0) is 12.9. The third kappa shape index (κ3) is 3.97. The van der Waals surface area contributed by atoms with Gasteiger partial charge in [0.25, 0.3) is 10.0 Å². The maximum absolute atomic E-state index is 11.8. The van der Waals surface area contributed by atoms with Crippen molar-refractivity contribution in [3.05, 3.63) is 12.3 Å². The summed E-state index contributed by atoms with van der Waals surface area (Å²) < 4.78 is 26.0. The fourth-order valence-electron chi connectivity index (χ4n) is 1.63. The minimum absolute atomic E-state index is 0.0610. The van der Waals surface area contributed by atoms with Crippen LogP contribution in [-0.2, 0) is 10.0 Å². The lowest BCUT2D eigenvalue weighted by Crippen LogP contribution is -2.33. The summed E-state index contributed by atoms with van der Waals surface area (Å²) in [6.45, 7) is 4.33. The van der Waals surface area contributed by atoms with Crippen LogP contribution >= 0.6 is 11.6 Å². The van der Waals surface area contributed by atoms with Crippen LogP contribution in [0.4, 0.5) is 0 Å². The number of aromatic amines is 1. The van der Waals surface area contributed by atoms with Crippen molar-refractivity contribution >= 4 is 21.6 Å². The standard InChI is InChI=1S/C10H18ClN3O2S/c1-3-8(4-2)9(11)7-13-17(15,16)10-5-6-12-14-10/h5-6,8-9,13H,3-4,7H2,1-2H3,(H,12,14). The SMILES string of the molecule is CCC(CC)C(Cl)CNS(=O)(=O)c1ccn[nH]1. The lowest BCUT2D eigenvalue weighted by Gasteiger charge is -2.19. The van der Waals surface area contributed by atoms with Crippen LogP contribution in [0.1, 0.15) is 26.7 Å². The van der Waals surface area contributed by atoms with Gasteiger partial charge in [0.05, 0.1) is 6.20 Å². The first-order chi connectivity index (χ1) is 8.01. The van der Waals surface area contributed by atoms with E-state index in [0.717, 1.165) is 12.8 Å². The average Bonchev–Trinajstić information content (AvgIpc) is 2.82. The van der Waals surface area contributed by atoms with E-state index in [2.05, 4.69) is 14.9 Å².